The van der Waals surface area contributed by atoms with Crippen molar-refractivity contribution in [2.75, 3.05) is 0 Å². The molecule has 1 N–H and O–H groups in total. The standard InChI is InChI=1S/C19H24ClN/c1-5-19(16-7-6-8-17(20)12-16)21-15(4)18-10-9-13(2)11-14(18)3/h6-12,15,19,21H,5H2,1-4H3. The topological polar surface area (TPSA) is 12.0 Å². The fourth-order valence-corrected chi connectivity index (χ4v) is 3.07. The van der Waals surface area contributed by atoms with Crippen LogP contribution in [0, 0.1) is 13.8 Å². The molecule has 0 amide bonds. The molecule has 2 aromatic carbocycles. The van der Waals surface area contributed by atoms with Crippen molar-refractivity contribution in [3.05, 3.63) is 69.7 Å². The van der Waals surface area contributed by atoms with Gasteiger partial charge in [-0.1, -0.05) is 54.4 Å². The molecule has 0 saturated carbocycles. The van der Waals surface area contributed by atoms with Crippen molar-refractivity contribution in [1.82, 2.24) is 5.32 Å². The first kappa shape index (κ1) is 16.1. The van der Waals surface area contributed by atoms with Crippen LogP contribution < -0.4 is 5.32 Å². The van der Waals surface area contributed by atoms with E-state index in [0.29, 0.717) is 12.1 Å². The van der Waals surface area contributed by atoms with Crippen molar-refractivity contribution in [2.24, 2.45) is 0 Å². The van der Waals surface area contributed by atoms with E-state index in [1.807, 2.05) is 12.1 Å². The monoisotopic (exact) mass is 301 g/mol. The zero-order chi connectivity index (χ0) is 15.4. The molecule has 2 atom stereocenters. The maximum Gasteiger partial charge on any atom is 0.0409 e. The number of hydrogen-bond acceptors (Lipinski definition) is 1. The molecule has 21 heavy (non-hydrogen) atoms. The SMILES string of the molecule is CCC(NC(C)c1ccc(C)cc1C)c1cccc(Cl)c1. The largest absolute Gasteiger partial charge is 0.303 e. The average molecular weight is 302 g/mol. The van der Waals surface area contributed by atoms with Crippen LogP contribution in [0.1, 0.15) is 54.6 Å². The van der Waals surface area contributed by atoms with Crippen LogP contribution in [0.4, 0.5) is 0 Å². The van der Waals surface area contributed by atoms with E-state index in [1.54, 1.807) is 0 Å². The lowest BCUT2D eigenvalue weighted by molar-refractivity contribution is 0.455. The summed E-state index contributed by atoms with van der Waals surface area (Å²) in [6.45, 7) is 8.74. The highest BCUT2D eigenvalue weighted by atomic mass is 35.5. The van der Waals surface area contributed by atoms with Crippen LogP contribution in [-0.2, 0) is 0 Å². The van der Waals surface area contributed by atoms with E-state index >= 15 is 0 Å². The van der Waals surface area contributed by atoms with Gasteiger partial charge in [0.2, 0.25) is 0 Å². The van der Waals surface area contributed by atoms with Crippen LogP contribution in [-0.4, -0.2) is 0 Å². The molecule has 0 aliphatic heterocycles. The van der Waals surface area contributed by atoms with Crippen LogP contribution >= 0.6 is 11.6 Å². The van der Waals surface area contributed by atoms with Gasteiger partial charge in [0.25, 0.3) is 0 Å². The fraction of sp³-hybridized carbons (Fsp3) is 0.368. The normalized spacial score (nSPS) is 14.0. The molecule has 0 heterocycles. The highest BCUT2D eigenvalue weighted by Gasteiger charge is 2.15. The Bertz CT molecular complexity index is 606. The zero-order valence-electron chi connectivity index (χ0n) is 13.3. The predicted octanol–water partition coefficient (Wildman–Crippen LogP) is 5.76. The first-order valence-electron chi connectivity index (χ1n) is 7.60. The summed E-state index contributed by atoms with van der Waals surface area (Å²) in [4.78, 5) is 0. The Kier molecular flexibility index (Phi) is 5.44. The second-order valence-corrected chi connectivity index (χ2v) is 6.20. The van der Waals surface area contributed by atoms with Crippen LogP contribution in [0.3, 0.4) is 0 Å². The minimum Gasteiger partial charge on any atom is -0.303 e. The van der Waals surface area contributed by atoms with Crippen molar-refractivity contribution in [2.45, 2.75) is 46.2 Å². The summed E-state index contributed by atoms with van der Waals surface area (Å²) in [6.07, 6.45) is 1.04. The van der Waals surface area contributed by atoms with Gasteiger partial charge in [-0.2, -0.15) is 0 Å². The third kappa shape index (κ3) is 4.09. The van der Waals surface area contributed by atoms with Crippen molar-refractivity contribution in [3.8, 4) is 0 Å². The van der Waals surface area contributed by atoms with Crippen molar-refractivity contribution in [3.63, 3.8) is 0 Å². The molecule has 0 radical (unpaired) electrons. The van der Waals surface area contributed by atoms with Crippen molar-refractivity contribution in [1.29, 1.82) is 0 Å². The Morgan fingerprint density at radius 1 is 1.10 bits per heavy atom. The third-order valence-corrected chi connectivity index (χ3v) is 4.24. The molecule has 2 rings (SSSR count). The maximum atomic E-state index is 6.11. The summed E-state index contributed by atoms with van der Waals surface area (Å²) in [5, 5.41) is 4.53. The van der Waals surface area contributed by atoms with Gasteiger partial charge in [0.15, 0.2) is 0 Å². The molecule has 1 nitrogen and oxygen atoms in total. The van der Waals surface area contributed by atoms with E-state index < -0.39 is 0 Å². The van der Waals surface area contributed by atoms with E-state index in [1.165, 1.54) is 22.3 Å². The molecule has 2 aromatic rings. The van der Waals surface area contributed by atoms with Gasteiger partial charge >= 0.3 is 0 Å². The Morgan fingerprint density at radius 3 is 2.48 bits per heavy atom. The smallest absolute Gasteiger partial charge is 0.0409 e. The molecular weight excluding hydrogens is 278 g/mol. The molecule has 0 spiro atoms. The molecule has 0 aliphatic rings. The summed E-state index contributed by atoms with van der Waals surface area (Å²) in [7, 11) is 0. The minimum atomic E-state index is 0.314. The predicted molar refractivity (Wildman–Crippen MR) is 92.0 cm³/mol. The Balaban J connectivity index is 2.18. The fourth-order valence-electron chi connectivity index (χ4n) is 2.88. The third-order valence-electron chi connectivity index (χ3n) is 4.00. The molecule has 0 saturated heterocycles. The van der Waals surface area contributed by atoms with Crippen molar-refractivity contribution < 1.29 is 0 Å². The average Bonchev–Trinajstić information content (AvgIpc) is 2.44. The van der Waals surface area contributed by atoms with Gasteiger partial charge in [0.1, 0.15) is 0 Å². The zero-order valence-corrected chi connectivity index (χ0v) is 14.0. The van der Waals surface area contributed by atoms with E-state index in [0.717, 1.165) is 11.4 Å². The molecule has 0 aliphatic carbocycles. The van der Waals surface area contributed by atoms with Gasteiger partial charge in [-0.05, 0) is 56.0 Å². The summed E-state index contributed by atoms with van der Waals surface area (Å²) < 4.78 is 0. The number of aryl methyl sites for hydroxylation is 2. The summed E-state index contributed by atoms with van der Waals surface area (Å²) in [6, 6.07) is 15.4. The first-order valence-corrected chi connectivity index (χ1v) is 7.97. The Labute approximate surface area is 133 Å². The first-order chi connectivity index (χ1) is 10.0. The Hall–Kier alpha value is -1.31. The second-order valence-electron chi connectivity index (χ2n) is 5.76. The van der Waals surface area contributed by atoms with Crippen LogP contribution in [0.2, 0.25) is 5.02 Å². The van der Waals surface area contributed by atoms with Gasteiger partial charge < -0.3 is 5.32 Å². The molecule has 0 aromatic heterocycles. The second kappa shape index (κ2) is 7.11. The number of benzene rings is 2. The molecule has 0 bridgehead atoms. The number of nitrogens with one attached hydrogen (secondary N) is 1. The maximum absolute atomic E-state index is 6.11. The lowest BCUT2D eigenvalue weighted by Crippen LogP contribution is -2.24. The van der Waals surface area contributed by atoms with Gasteiger partial charge in [-0.25, -0.2) is 0 Å². The molecule has 2 unspecified atom stereocenters. The summed E-state index contributed by atoms with van der Waals surface area (Å²) in [5.41, 5.74) is 5.27. The van der Waals surface area contributed by atoms with Gasteiger partial charge in [-0.15, -0.1) is 0 Å². The van der Waals surface area contributed by atoms with Crippen molar-refractivity contribution >= 4 is 11.6 Å². The lowest BCUT2D eigenvalue weighted by Gasteiger charge is -2.24. The number of halogens is 1. The molecular formula is C19H24ClN. The number of rotatable bonds is 5. The van der Waals surface area contributed by atoms with E-state index in [2.05, 4.69) is 63.3 Å². The number of hydrogen-bond donors (Lipinski definition) is 1. The van der Waals surface area contributed by atoms with Crippen LogP contribution in [0.5, 0.6) is 0 Å². The highest BCUT2D eigenvalue weighted by Crippen LogP contribution is 2.26. The Morgan fingerprint density at radius 2 is 1.86 bits per heavy atom. The molecule has 0 fully saturated rings. The lowest BCUT2D eigenvalue weighted by atomic mass is 9.97. The van der Waals surface area contributed by atoms with Gasteiger partial charge in [-0.3, -0.25) is 0 Å². The summed E-state index contributed by atoms with van der Waals surface area (Å²) >= 11 is 6.11. The molecule has 112 valence electrons. The van der Waals surface area contributed by atoms with Crippen LogP contribution in [0.15, 0.2) is 42.5 Å². The van der Waals surface area contributed by atoms with Gasteiger partial charge in [0, 0.05) is 17.1 Å². The highest BCUT2D eigenvalue weighted by molar-refractivity contribution is 6.30. The summed E-state index contributed by atoms with van der Waals surface area (Å²) in [5.74, 6) is 0. The minimum absolute atomic E-state index is 0.314. The van der Waals surface area contributed by atoms with E-state index in [9.17, 15) is 0 Å². The molecule has 2 heteroatoms. The van der Waals surface area contributed by atoms with Crippen LogP contribution in [0.25, 0.3) is 0 Å². The van der Waals surface area contributed by atoms with Gasteiger partial charge in [0.05, 0.1) is 0 Å². The van der Waals surface area contributed by atoms with E-state index in [-0.39, 0.29) is 0 Å². The quantitative estimate of drug-likeness (QED) is 0.740. The van der Waals surface area contributed by atoms with E-state index in [4.69, 9.17) is 11.6 Å².